The third-order valence-corrected chi connectivity index (χ3v) is 3.15. The quantitative estimate of drug-likeness (QED) is 0.620. The van der Waals surface area contributed by atoms with Gasteiger partial charge in [0.2, 0.25) is 0 Å². The molecule has 0 bridgehead atoms. The molecule has 0 aromatic rings. The molecule has 0 aliphatic rings. The van der Waals surface area contributed by atoms with E-state index in [-0.39, 0.29) is 13.3 Å². The summed E-state index contributed by atoms with van der Waals surface area (Å²) in [5.41, 5.74) is -3.62. The summed E-state index contributed by atoms with van der Waals surface area (Å²) in [5, 5.41) is 0. The van der Waals surface area contributed by atoms with E-state index in [0.717, 1.165) is 6.92 Å². The highest BCUT2D eigenvalue weighted by molar-refractivity contribution is 4.93. The normalized spacial score (nSPS) is 16.3. The van der Waals surface area contributed by atoms with Crippen molar-refractivity contribution in [1.29, 1.82) is 0 Å². The van der Waals surface area contributed by atoms with Gasteiger partial charge in [0.15, 0.2) is 5.41 Å². The Balaban J connectivity index is 5.10. The number of hydrogen-bond acceptors (Lipinski definition) is 0. The molecule has 0 saturated carbocycles. The van der Waals surface area contributed by atoms with Crippen LogP contribution in [0.1, 0.15) is 40.0 Å². The Morgan fingerprint density at radius 1 is 0.938 bits per heavy atom. The maximum absolute atomic E-state index is 12.6. The summed E-state index contributed by atoms with van der Waals surface area (Å²) in [5.74, 6) is -1.47. The van der Waals surface area contributed by atoms with Gasteiger partial charge in [-0.1, -0.05) is 26.7 Å². The Morgan fingerprint density at radius 3 is 1.56 bits per heavy atom. The van der Waals surface area contributed by atoms with Crippen molar-refractivity contribution in [3.63, 3.8) is 0 Å². The summed E-state index contributed by atoms with van der Waals surface area (Å²) in [6.07, 6.45) is -9.66. The topological polar surface area (TPSA) is 0 Å². The zero-order valence-corrected chi connectivity index (χ0v) is 9.47. The Bertz CT molecular complexity index is 200. The molecule has 0 unspecified atom stereocenters. The van der Waals surface area contributed by atoms with Gasteiger partial charge in [-0.05, 0) is 19.3 Å². The lowest BCUT2D eigenvalue weighted by Crippen LogP contribution is -2.52. The number of hydrogen-bond donors (Lipinski definition) is 0. The molecule has 0 saturated heterocycles. The summed E-state index contributed by atoms with van der Waals surface area (Å²) >= 11 is 0. The van der Waals surface area contributed by atoms with E-state index >= 15 is 0 Å². The van der Waals surface area contributed by atoms with Crippen LogP contribution in [0, 0.1) is 11.3 Å². The van der Waals surface area contributed by atoms with Gasteiger partial charge >= 0.3 is 12.4 Å². The van der Waals surface area contributed by atoms with Gasteiger partial charge in [-0.2, -0.15) is 26.3 Å². The lowest BCUT2D eigenvalue weighted by atomic mass is 9.74. The zero-order valence-electron chi connectivity index (χ0n) is 9.47. The molecule has 6 heteroatoms. The smallest absolute Gasteiger partial charge is 0.170 e. The molecule has 0 aliphatic heterocycles. The van der Waals surface area contributed by atoms with Crippen molar-refractivity contribution in [2.75, 3.05) is 0 Å². The first kappa shape index (κ1) is 15.6. The molecular weight excluding hydrogens is 234 g/mol. The Hall–Kier alpha value is -0.420. The van der Waals surface area contributed by atoms with Crippen LogP contribution in [-0.4, -0.2) is 12.4 Å². The van der Waals surface area contributed by atoms with Crippen LogP contribution in [0.15, 0.2) is 0 Å². The number of halogens is 6. The molecule has 0 nitrogen and oxygen atoms in total. The predicted molar refractivity (Wildman–Crippen MR) is 48.9 cm³/mol. The van der Waals surface area contributed by atoms with Crippen molar-refractivity contribution in [2.24, 2.45) is 11.3 Å². The molecular formula is C10H16F6. The van der Waals surface area contributed by atoms with E-state index in [4.69, 9.17) is 0 Å². The van der Waals surface area contributed by atoms with E-state index in [1.54, 1.807) is 6.92 Å². The van der Waals surface area contributed by atoms with Crippen LogP contribution in [0.4, 0.5) is 26.3 Å². The van der Waals surface area contributed by atoms with Crippen molar-refractivity contribution in [3.05, 3.63) is 0 Å². The predicted octanol–water partition coefficient (Wildman–Crippen LogP) is 4.94. The molecule has 0 spiro atoms. The molecule has 0 aromatic carbocycles. The molecule has 0 radical (unpaired) electrons. The third kappa shape index (κ3) is 2.83. The van der Waals surface area contributed by atoms with E-state index < -0.39 is 23.7 Å². The van der Waals surface area contributed by atoms with Crippen molar-refractivity contribution in [2.45, 2.75) is 52.4 Å². The molecule has 1 atom stereocenters. The molecule has 98 valence electrons. The van der Waals surface area contributed by atoms with Crippen LogP contribution in [-0.2, 0) is 0 Å². The minimum atomic E-state index is -5.27. The lowest BCUT2D eigenvalue weighted by Gasteiger charge is -2.38. The van der Waals surface area contributed by atoms with Gasteiger partial charge in [0, 0.05) is 0 Å². The van der Waals surface area contributed by atoms with E-state index in [2.05, 4.69) is 0 Å². The van der Waals surface area contributed by atoms with Crippen molar-refractivity contribution in [3.8, 4) is 0 Å². The van der Waals surface area contributed by atoms with E-state index in [1.165, 1.54) is 0 Å². The highest BCUT2D eigenvalue weighted by Gasteiger charge is 2.69. The highest BCUT2D eigenvalue weighted by atomic mass is 19.4. The Labute approximate surface area is 91.0 Å². The first-order chi connectivity index (χ1) is 6.98. The summed E-state index contributed by atoms with van der Waals surface area (Å²) in [7, 11) is 0. The maximum atomic E-state index is 12.6. The van der Waals surface area contributed by atoms with Crippen LogP contribution in [0.2, 0.25) is 0 Å². The van der Waals surface area contributed by atoms with Gasteiger partial charge in [0.25, 0.3) is 0 Å². The first-order valence-electron chi connectivity index (χ1n) is 5.12. The second-order valence-corrected chi connectivity index (χ2v) is 4.24. The first-order valence-corrected chi connectivity index (χ1v) is 5.12. The van der Waals surface area contributed by atoms with Gasteiger partial charge in [0.05, 0.1) is 0 Å². The average molecular weight is 250 g/mol. The lowest BCUT2D eigenvalue weighted by molar-refractivity contribution is -0.350. The minimum Gasteiger partial charge on any atom is -0.170 e. The Morgan fingerprint density at radius 2 is 1.31 bits per heavy atom. The molecule has 0 aliphatic carbocycles. The molecule has 0 heterocycles. The number of unbranched alkanes of at least 4 members (excludes halogenated alkanes) is 1. The standard InChI is InChI=1S/C10H16F6/c1-4-5-6-7(2)8(3,9(11,12)13)10(14,15)16/h7H,4-6H2,1-3H3/t7-/m0/s1. The zero-order chi connectivity index (χ0) is 13.2. The summed E-state index contributed by atoms with van der Waals surface area (Å²) < 4.78 is 75.3. The van der Waals surface area contributed by atoms with Gasteiger partial charge in [0.1, 0.15) is 0 Å². The highest BCUT2D eigenvalue weighted by Crippen LogP contribution is 2.55. The SMILES string of the molecule is CCCC[C@H](C)C(C)(C(F)(F)F)C(F)(F)F. The average Bonchev–Trinajstić information content (AvgIpc) is 2.08. The van der Waals surface area contributed by atoms with Crippen LogP contribution < -0.4 is 0 Å². The molecule has 0 fully saturated rings. The van der Waals surface area contributed by atoms with E-state index in [1.807, 2.05) is 0 Å². The summed E-state index contributed by atoms with van der Waals surface area (Å²) in [6, 6.07) is 0. The monoisotopic (exact) mass is 250 g/mol. The minimum absolute atomic E-state index is 0.0774. The fraction of sp³-hybridized carbons (Fsp3) is 1.00. The fourth-order valence-corrected chi connectivity index (χ4v) is 1.52. The molecule has 0 rings (SSSR count). The van der Waals surface area contributed by atoms with Crippen molar-refractivity contribution < 1.29 is 26.3 Å². The summed E-state index contributed by atoms with van der Waals surface area (Å²) in [6.45, 7) is 2.98. The molecule has 16 heavy (non-hydrogen) atoms. The van der Waals surface area contributed by atoms with Crippen molar-refractivity contribution in [1.82, 2.24) is 0 Å². The van der Waals surface area contributed by atoms with Gasteiger partial charge in [-0.15, -0.1) is 0 Å². The Kier molecular flexibility index (Phi) is 4.71. The molecule has 0 aromatic heterocycles. The molecule has 0 N–H and O–H groups in total. The number of rotatable bonds is 4. The van der Waals surface area contributed by atoms with Crippen LogP contribution in [0.3, 0.4) is 0 Å². The van der Waals surface area contributed by atoms with Crippen LogP contribution >= 0.6 is 0 Å². The van der Waals surface area contributed by atoms with Crippen LogP contribution in [0.25, 0.3) is 0 Å². The van der Waals surface area contributed by atoms with E-state index in [9.17, 15) is 26.3 Å². The molecule has 0 amide bonds. The van der Waals surface area contributed by atoms with E-state index in [0.29, 0.717) is 12.8 Å². The van der Waals surface area contributed by atoms with Crippen LogP contribution in [0.5, 0.6) is 0 Å². The largest absolute Gasteiger partial charge is 0.403 e. The van der Waals surface area contributed by atoms with Gasteiger partial charge < -0.3 is 0 Å². The second-order valence-electron chi connectivity index (χ2n) is 4.24. The van der Waals surface area contributed by atoms with Crippen molar-refractivity contribution >= 4 is 0 Å². The van der Waals surface area contributed by atoms with Gasteiger partial charge in [-0.25, -0.2) is 0 Å². The van der Waals surface area contributed by atoms with Gasteiger partial charge in [-0.3, -0.25) is 0 Å². The second kappa shape index (κ2) is 4.84. The number of alkyl halides is 6. The summed E-state index contributed by atoms with van der Waals surface area (Å²) in [4.78, 5) is 0. The maximum Gasteiger partial charge on any atom is 0.403 e. The fourth-order valence-electron chi connectivity index (χ4n) is 1.52. The third-order valence-electron chi connectivity index (χ3n) is 3.15.